The second kappa shape index (κ2) is 4.41. The Bertz CT molecular complexity index is 662. The molecule has 0 saturated heterocycles. The van der Waals surface area contributed by atoms with Crippen LogP contribution in [0.2, 0.25) is 0 Å². The van der Waals surface area contributed by atoms with Crippen molar-refractivity contribution in [1.29, 1.82) is 0 Å². The Morgan fingerprint density at radius 1 is 1.17 bits per heavy atom. The Morgan fingerprint density at radius 3 is 2.89 bits per heavy atom. The van der Waals surface area contributed by atoms with E-state index >= 15 is 0 Å². The van der Waals surface area contributed by atoms with Crippen molar-refractivity contribution in [2.45, 2.75) is 6.54 Å². The maximum Gasteiger partial charge on any atom is 0.122 e. The van der Waals surface area contributed by atoms with E-state index in [0.717, 1.165) is 22.4 Å². The minimum atomic E-state index is 0.602. The molecule has 3 aromatic rings. The predicted octanol–water partition coefficient (Wildman–Crippen LogP) is 3.02. The van der Waals surface area contributed by atoms with Gasteiger partial charge in [-0.3, -0.25) is 4.98 Å². The van der Waals surface area contributed by atoms with E-state index in [-0.39, 0.29) is 0 Å². The molecule has 3 N–H and O–H groups in total. The molecule has 0 fully saturated rings. The van der Waals surface area contributed by atoms with Gasteiger partial charge in [-0.1, -0.05) is 18.2 Å². The molecule has 0 aliphatic rings. The number of rotatable bonds is 3. The lowest BCUT2D eigenvalue weighted by atomic mass is 10.1. The fourth-order valence-electron chi connectivity index (χ4n) is 1.94. The van der Waals surface area contributed by atoms with Gasteiger partial charge in [0, 0.05) is 5.39 Å². The van der Waals surface area contributed by atoms with E-state index in [1.807, 2.05) is 36.4 Å². The highest BCUT2D eigenvalue weighted by Gasteiger charge is 2.06. The maximum absolute atomic E-state index is 5.97. The van der Waals surface area contributed by atoms with Crippen molar-refractivity contribution in [3.63, 3.8) is 0 Å². The van der Waals surface area contributed by atoms with Crippen LogP contribution in [0.15, 0.2) is 53.3 Å². The van der Waals surface area contributed by atoms with E-state index in [1.165, 1.54) is 0 Å². The highest BCUT2D eigenvalue weighted by atomic mass is 16.3. The first-order valence-corrected chi connectivity index (χ1v) is 5.74. The standard InChI is InChI=1S/C14H13N3O/c15-12-9-16-13-6-2-1-5-11(13)14(12)17-8-10-4-3-7-18-10/h1-7,9H,8,15H2,(H,16,17). The van der Waals surface area contributed by atoms with Gasteiger partial charge in [-0.05, 0) is 18.2 Å². The largest absolute Gasteiger partial charge is 0.467 e. The summed E-state index contributed by atoms with van der Waals surface area (Å²) in [6.45, 7) is 0.602. The summed E-state index contributed by atoms with van der Waals surface area (Å²) in [5.74, 6) is 0.871. The lowest BCUT2D eigenvalue weighted by Gasteiger charge is -2.10. The molecular formula is C14H13N3O. The molecule has 4 nitrogen and oxygen atoms in total. The molecule has 2 heterocycles. The van der Waals surface area contributed by atoms with Crippen molar-refractivity contribution in [3.05, 3.63) is 54.6 Å². The van der Waals surface area contributed by atoms with E-state index in [4.69, 9.17) is 10.2 Å². The van der Waals surface area contributed by atoms with Crippen LogP contribution >= 0.6 is 0 Å². The molecular weight excluding hydrogens is 226 g/mol. The first kappa shape index (κ1) is 10.7. The van der Waals surface area contributed by atoms with Crippen molar-refractivity contribution in [2.75, 3.05) is 11.1 Å². The summed E-state index contributed by atoms with van der Waals surface area (Å²) in [5, 5.41) is 4.32. The number of nitrogens with one attached hydrogen (secondary N) is 1. The Balaban J connectivity index is 1.97. The van der Waals surface area contributed by atoms with Gasteiger partial charge in [-0.25, -0.2) is 0 Å². The fourth-order valence-corrected chi connectivity index (χ4v) is 1.94. The highest BCUT2D eigenvalue weighted by Crippen LogP contribution is 2.27. The number of nitrogens with zero attached hydrogens (tertiary/aromatic N) is 1. The van der Waals surface area contributed by atoms with Crippen molar-refractivity contribution in [2.24, 2.45) is 0 Å². The predicted molar refractivity (Wildman–Crippen MR) is 72.2 cm³/mol. The molecule has 3 rings (SSSR count). The number of hydrogen-bond acceptors (Lipinski definition) is 4. The Labute approximate surface area is 104 Å². The number of nitrogens with two attached hydrogens (primary N) is 1. The molecule has 0 aliphatic heterocycles. The van der Waals surface area contributed by atoms with Crippen LogP contribution in [0.5, 0.6) is 0 Å². The molecule has 0 radical (unpaired) electrons. The quantitative estimate of drug-likeness (QED) is 0.737. The number of fused-ring (bicyclic) bond motifs is 1. The minimum Gasteiger partial charge on any atom is -0.467 e. The van der Waals surface area contributed by atoms with Gasteiger partial charge < -0.3 is 15.5 Å². The van der Waals surface area contributed by atoms with Gasteiger partial charge in [0.2, 0.25) is 0 Å². The van der Waals surface area contributed by atoms with Gasteiger partial charge in [-0.15, -0.1) is 0 Å². The average Bonchev–Trinajstić information content (AvgIpc) is 2.91. The molecule has 0 bridgehead atoms. The summed E-state index contributed by atoms with van der Waals surface area (Å²) in [4.78, 5) is 4.30. The highest BCUT2D eigenvalue weighted by molar-refractivity contribution is 5.96. The zero-order chi connectivity index (χ0) is 12.4. The van der Waals surface area contributed by atoms with E-state index in [2.05, 4.69) is 10.3 Å². The van der Waals surface area contributed by atoms with Crippen LogP contribution in [0.25, 0.3) is 10.9 Å². The third-order valence-electron chi connectivity index (χ3n) is 2.82. The van der Waals surface area contributed by atoms with Crippen LogP contribution in [0.3, 0.4) is 0 Å². The molecule has 0 unspecified atom stereocenters. The second-order valence-electron chi connectivity index (χ2n) is 4.04. The van der Waals surface area contributed by atoms with Gasteiger partial charge in [0.15, 0.2) is 0 Å². The maximum atomic E-state index is 5.97. The summed E-state index contributed by atoms with van der Waals surface area (Å²) in [6, 6.07) is 11.7. The van der Waals surface area contributed by atoms with Crippen molar-refractivity contribution >= 4 is 22.3 Å². The first-order chi connectivity index (χ1) is 8.84. The number of aromatic nitrogens is 1. The molecule has 0 amide bonds. The molecule has 0 atom stereocenters. The lowest BCUT2D eigenvalue weighted by Crippen LogP contribution is -2.03. The summed E-state index contributed by atoms with van der Waals surface area (Å²) in [5.41, 5.74) is 8.43. The zero-order valence-electron chi connectivity index (χ0n) is 9.76. The summed E-state index contributed by atoms with van der Waals surface area (Å²) < 4.78 is 5.29. The minimum absolute atomic E-state index is 0.602. The van der Waals surface area contributed by atoms with Crippen LogP contribution in [0.4, 0.5) is 11.4 Å². The smallest absolute Gasteiger partial charge is 0.122 e. The van der Waals surface area contributed by atoms with Crippen molar-refractivity contribution < 1.29 is 4.42 Å². The summed E-state index contributed by atoms with van der Waals surface area (Å²) in [7, 11) is 0. The first-order valence-electron chi connectivity index (χ1n) is 5.74. The number of anilines is 2. The molecule has 0 saturated carbocycles. The molecule has 90 valence electrons. The Kier molecular flexibility index (Phi) is 2.61. The molecule has 1 aromatic carbocycles. The van der Waals surface area contributed by atoms with E-state index in [0.29, 0.717) is 12.2 Å². The number of para-hydroxylation sites is 1. The fraction of sp³-hybridized carbons (Fsp3) is 0.0714. The number of furan rings is 1. The molecule has 4 heteroatoms. The summed E-state index contributed by atoms with van der Waals surface area (Å²) in [6.07, 6.45) is 3.33. The monoisotopic (exact) mass is 239 g/mol. The van der Waals surface area contributed by atoms with Crippen LogP contribution in [0.1, 0.15) is 5.76 Å². The van der Waals surface area contributed by atoms with Crippen molar-refractivity contribution in [3.8, 4) is 0 Å². The zero-order valence-corrected chi connectivity index (χ0v) is 9.76. The van der Waals surface area contributed by atoms with Crippen LogP contribution in [-0.4, -0.2) is 4.98 Å². The molecule has 0 spiro atoms. The van der Waals surface area contributed by atoms with Gasteiger partial charge in [0.1, 0.15) is 5.76 Å². The number of nitrogen functional groups attached to an aromatic ring is 1. The molecule has 18 heavy (non-hydrogen) atoms. The normalized spacial score (nSPS) is 10.7. The third kappa shape index (κ3) is 1.88. The lowest BCUT2D eigenvalue weighted by molar-refractivity contribution is 0.518. The average molecular weight is 239 g/mol. The summed E-state index contributed by atoms with van der Waals surface area (Å²) >= 11 is 0. The Morgan fingerprint density at radius 2 is 2.06 bits per heavy atom. The molecule has 0 aliphatic carbocycles. The van der Waals surface area contributed by atoms with Gasteiger partial charge in [-0.2, -0.15) is 0 Å². The van der Waals surface area contributed by atoms with Crippen LogP contribution < -0.4 is 11.1 Å². The third-order valence-corrected chi connectivity index (χ3v) is 2.82. The number of pyridine rings is 1. The van der Waals surface area contributed by atoms with E-state index in [1.54, 1.807) is 12.5 Å². The van der Waals surface area contributed by atoms with E-state index < -0.39 is 0 Å². The van der Waals surface area contributed by atoms with Gasteiger partial charge >= 0.3 is 0 Å². The number of hydrogen-bond donors (Lipinski definition) is 2. The second-order valence-corrected chi connectivity index (χ2v) is 4.04. The molecule has 2 aromatic heterocycles. The topological polar surface area (TPSA) is 64.1 Å². The van der Waals surface area contributed by atoms with E-state index in [9.17, 15) is 0 Å². The SMILES string of the molecule is Nc1cnc2ccccc2c1NCc1ccco1. The van der Waals surface area contributed by atoms with Crippen molar-refractivity contribution in [1.82, 2.24) is 4.98 Å². The number of benzene rings is 1. The van der Waals surface area contributed by atoms with Gasteiger partial charge in [0.25, 0.3) is 0 Å². The Hall–Kier alpha value is -2.49. The van der Waals surface area contributed by atoms with Crippen LogP contribution in [0, 0.1) is 0 Å². The van der Waals surface area contributed by atoms with Crippen LogP contribution in [-0.2, 0) is 6.54 Å². The van der Waals surface area contributed by atoms with Gasteiger partial charge in [0.05, 0.1) is 35.9 Å².